The summed E-state index contributed by atoms with van der Waals surface area (Å²) in [5, 5.41) is 6.27. The normalized spacial score (nSPS) is 10.4. The van der Waals surface area contributed by atoms with E-state index in [2.05, 4.69) is 10.6 Å². The lowest BCUT2D eigenvalue weighted by molar-refractivity contribution is -0.119. The Kier molecular flexibility index (Phi) is 7.33. The molecule has 0 atom stereocenters. The lowest BCUT2D eigenvalue weighted by Gasteiger charge is -2.14. The quantitative estimate of drug-likeness (QED) is 0.698. The molecule has 27 heavy (non-hydrogen) atoms. The van der Waals surface area contributed by atoms with Gasteiger partial charge in [-0.1, -0.05) is 37.0 Å². The molecule has 0 aromatic heterocycles. The fourth-order valence-electron chi connectivity index (χ4n) is 2.08. The van der Waals surface area contributed by atoms with Crippen LogP contribution in [0.2, 0.25) is 10.0 Å². The van der Waals surface area contributed by atoms with Gasteiger partial charge in [-0.3, -0.25) is 9.59 Å². The summed E-state index contributed by atoms with van der Waals surface area (Å²) >= 11 is 11.8. The van der Waals surface area contributed by atoms with Crippen LogP contribution in [0.15, 0.2) is 36.4 Å². The van der Waals surface area contributed by atoms with Crippen molar-refractivity contribution in [1.82, 2.24) is 0 Å². The van der Waals surface area contributed by atoms with Gasteiger partial charge in [-0.05, 0) is 30.3 Å². The van der Waals surface area contributed by atoms with E-state index in [0.29, 0.717) is 32.9 Å². The van der Waals surface area contributed by atoms with Crippen LogP contribution in [0.25, 0.3) is 0 Å². The van der Waals surface area contributed by atoms with Gasteiger partial charge < -0.3 is 20.1 Å². The van der Waals surface area contributed by atoms with E-state index in [-0.39, 0.29) is 24.3 Å². The van der Waals surface area contributed by atoms with Gasteiger partial charge >= 0.3 is 0 Å². The molecule has 2 amide bonds. The van der Waals surface area contributed by atoms with Gasteiger partial charge in [0, 0.05) is 22.7 Å². The van der Waals surface area contributed by atoms with Crippen molar-refractivity contribution in [1.29, 1.82) is 0 Å². The summed E-state index contributed by atoms with van der Waals surface area (Å²) in [5.41, 5.74) is 1.03. The number of hydrogen-bond acceptors (Lipinski definition) is 4. The van der Waals surface area contributed by atoms with E-state index in [0.717, 1.165) is 0 Å². The Morgan fingerprint density at radius 3 is 2.41 bits per heavy atom. The van der Waals surface area contributed by atoms with Crippen LogP contribution in [0.5, 0.6) is 11.5 Å². The zero-order valence-electron chi connectivity index (χ0n) is 15.1. The van der Waals surface area contributed by atoms with Crippen molar-refractivity contribution in [3.05, 3.63) is 46.4 Å². The summed E-state index contributed by atoms with van der Waals surface area (Å²) in [4.78, 5) is 23.9. The van der Waals surface area contributed by atoms with Crippen molar-refractivity contribution >= 4 is 46.4 Å². The van der Waals surface area contributed by atoms with Crippen LogP contribution in [0.4, 0.5) is 11.4 Å². The van der Waals surface area contributed by atoms with Gasteiger partial charge in [0.1, 0.15) is 11.5 Å². The van der Waals surface area contributed by atoms with Crippen LogP contribution >= 0.6 is 23.2 Å². The number of carbonyl (C=O) groups is 2. The molecule has 0 heterocycles. The highest BCUT2D eigenvalue weighted by atomic mass is 35.5. The maximum atomic E-state index is 12.1. The first-order chi connectivity index (χ1) is 12.8. The van der Waals surface area contributed by atoms with Crippen molar-refractivity contribution in [3.8, 4) is 11.5 Å². The van der Waals surface area contributed by atoms with Crippen molar-refractivity contribution in [3.63, 3.8) is 0 Å². The number of nitrogens with one attached hydrogen (secondary N) is 2. The Morgan fingerprint density at radius 1 is 1.04 bits per heavy atom. The number of rotatable bonds is 7. The predicted octanol–water partition coefficient (Wildman–Crippen LogP) is 4.61. The van der Waals surface area contributed by atoms with Gasteiger partial charge in [0.2, 0.25) is 5.91 Å². The molecule has 0 aliphatic heterocycles. The van der Waals surface area contributed by atoms with Gasteiger partial charge in [-0.15, -0.1) is 0 Å². The minimum absolute atomic E-state index is 0.127. The lowest BCUT2D eigenvalue weighted by Crippen LogP contribution is -2.21. The van der Waals surface area contributed by atoms with E-state index in [1.807, 2.05) is 0 Å². The summed E-state index contributed by atoms with van der Waals surface area (Å²) in [6.07, 6.45) is 0. The lowest BCUT2D eigenvalue weighted by atomic mass is 10.2. The van der Waals surface area contributed by atoms with Gasteiger partial charge in [-0.25, -0.2) is 0 Å². The number of halogens is 2. The molecule has 2 N–H and O–H groups in total. The number of hydrogen-bond donors (Lipinski definition) is 2. The van der Waals surface area contributed by atoms with Crippen LogP contribution in [0, 0.1) is 5.92 Å². The van der Waals surface area contributed by atoms with Crippen LogP contribution < -0.4 is 20.1 Å². The molecule has 0 saturated heterocycles. The van der Waals surface area contributed by atoms with E-state index in [1.165, 1.54) is 13.2 Å². The Hall–Kier alpha value is -2.44. The zero-order valence-corrected chi connectivity index (χ0v) is 16.6. The highest BCUT2D eigenvalue weighted by Crippen LogP contribution is 2.29. The van der Waals surface area contributed by atoms with Gasteiger partial charge in [-0.2, -0.15) is 0 Å². The van der Waals surface area contributed by atoms with Crippen molar-refractivity contribution in [2.75, 3.05) is 24.4 Å². The smallest absolute Gasteiger partial charge is 0.262 e. The average Bonchev–Trinajstić information content (AvgIpc) is 2.62. The third kappa shape index (κ3) is 6.05. The van der Waals surface area contributed by atoms with E-state index in [4.69, 9.17) is 32.7 Å². The molecule has 0 aliphatic rings. The molecule has 0 unspecified atom stereocenters. The molecule has 0 radical (unpaired) electrons. The first-order valence-corrected chi connectivity index (χ1v) is 8.92. The predicted molar refractivity (Wildman–Crippen MR) is 107 cm³/mol. The Morgan fingerprint density at radius 2 is 1.78 bits per heavy atom. The van der Waals surface area contributed by atoms with E-state index in [9.17, 15) is 9.59 Å². The van der Waals surface area contributed by atoms with Crippen molar-refractivity contribution in [2.24, 2.45) is 5.92 Å². The first-order valence-electron chi connectivity index (χ1n) is 8.16. The summed E-state index contributed by atoms with van der Waals surface area (Å²) in [5.74, 6) is 0.135. The molecule has 0 aliphatic carbocycles. The maximum Gasteiger partial charge on any atom is 0.262 e. The minimum atomic E-state index is -0.373. The third-order valence-corrected chi connectivity index (χ3v) is 4.05. The van der Waals surface area contributed by atoms with E-state index < -0.39 is 0 Å². The zero-order chi connectivity index (χ0) is 20.0. The van der Waals surface area contributed by atoms with Crippen LogP contribution in [-0.2, 0) is 9.59 Å². The molecule has 0 saturated carbocycles. The van der Waals surface area contributed by atoms with E-state index >= 15 is 0 Å². The highest BCUT2D eigenvalue weighted by molar-refractivity contribution is 6.35. The first kappa shape index (κ1) is 20.9. The summed E-state index contributed by atoms with van der Waals surface area (Å²) in [7, 11) is 1.48. The Labute approximate surface area is 167 Å². The van der Waals surface area contributed by atoms with Gasteiger partial charge in [0.15, 0.2) is 6.61 Å². The van der Waals surface area contributed by atoms with Crippen LogP contribution in [0.3, 0.4) is 0 Å². The number of benzene rings is 2. The molecule has 0 bridgehead atoms. The van der Waals surface area contributed by atoms with Crippen LogP contribution in [-0.4, -0.2) is 25.5 Å². The number of methoxy groups -OCH3 is 1. The second-order valence-electron chi connectivity index (χ2n) is 5.97. The molecule has 0 fully saturated rings. The third-order valence-electron chi connectivity index (χ3n) is 3.52. The molecule has 144 valence electrons. The number of ether oxygens (including phenoxy) is 2. The van der Waals surface area contributed by atoms with Crippen molar-refractivity contribution < 1.29 is 19.1 Å². The fraction of sp³-hybridized carbons (Fsp3) is 0.263. The molecule has 2 rings (SSSR count). The number of amides is 2. The van der Waals surface area contributed by atoms with Crippen LogP contribution in [0.1, 0.15) is 13.8 Å². The number of carbonyl (C=O) groups excluding carboxylic acids is 2. The second kappa shape index (κ2) is 9.48. The summed E-state index contributed by atoms with van der Waals surface area (Å²) in [6.45, 7) is 3.36. The van der Waals surface area contributed by atoms with Crippen molar-refractivity contribution in [2.45, 2.75) is 13.8 Å². The summed E-state index contributed by atoms with van der Waals surface area (Å²) < 4.78 is 10.7. The van der Waals surface area contributed by atoms with Gasteiger partial charge in [0.05, 0.1) is 17.8 Å². The largest absolute Gasteiger partial charge is 0.494 e. The average molecular weight is 411 g/mol. The molecular weight excluding hydrogens is 391 g/mol. The SMILES string of the molecule is COc1cc(NC(=O)COc2ccc(Cl)cc2Cl)ccc1NC(=O)C(C)C. The van der Waals surface area contributed by atoms with Gasteiger partial charge in [0.25, 0.3) is 5.91 Å². The molecule has 6 nitrogen and oxygen atoms in total. The standard InChI is InChI=1S/C19H20Cl2N2O4/c1-11(2)19(25)23-15-6-5-13(9-17(15)26-3)22-18(24)10-27-16-7-4-12(20)8-14(16)21/h4-9,11H,10H2,1-3H3,(H,22,24)(H,23,25). The number of anilines is 2. The maximum absolute atomic E-state index is 12.1. The highest BCUT2D eigenvalue weighted by Gasteiger charge is 2.13. The Balaban J connectivity index is 1.99. The van der Waals surface area contributed by atoms with E-state index in [1.54, 1.807) is 44.2 Å². The molecular formula is C19H20Cl2N2O4. The fourth-order valence-corrected chi connectivity index (χ4v) is 2.54. The monoisotopic (exact) mass is 410 g/mol. The molecule has 2 aromatic rings. The molecule has 2 aromatic carbocycles. The molecule has 8 heteroatoms. The summed E-state index contributed by atoms with van der Waals surface area (Å²) in [6, 6.07) is 9.68. The second-order valence-corrected chi connectivity index (χ2v) is 6.81. The topological polar surface area (TPSA) is 76.7 Å². The minimum Gasteiger partial charge on any atom is -0.494 e. The molecule has 0 spiro atoms. The Bertz CT molecular complexity index is 840.